The van der Waals surface area contributed by atoms with Gasteiger partial charge in [0.05, 0.1) is 22.9 Å². The molecule has 0 bridgehead atoms. The highest BCUT2D eigenvalue weighted by atomic mass is 32.2. The van der Waals surface area contributed by atoms with Crippen LogP contribution in [0.25, 0.3) is 0 Å². The molecule has 0 aromatic heterocycles. The second-order valence-electron chi connectivity index (χ2n) is 6.74. The number of nitrogens with two attached hydrogens (primary N) is 2. The number of hydrogen-bond acceptors (Lipinski definition) is 5. The second-order valence-corrected chi connectivity index (χ2v) is 7.85. The first-order valence-corrected chi connectivity index (χ1v) is 10.7. The maximum atomic E-state index is 6.07. The quantitative estimate of drug-likeness (QED) is 0.383. The molecule has 4 N–H and O–H groups in total. The molecule has 0 aliphatic carbocycles. The van der Waals surface area contributed by atoms with Crippen LogP contribution in [0.3, 0.4) is 0 Å². The van der Waals surface area contributed by atoms with Gasteiger partial charge in [0.2, 0.25) is 0 Å². The summed E-state index contributed by atoms with van der Waals surface area (Å²) in [5.74, 6) is 0.928. The van der Waals surface area contributed by atoms with Gasteiger partial charge in [-0.1, -0.05) is 37.7 Å². The summed E-state index contributed by atoms with van der Waals surface area (Å²) in [4.78, 5) is 4.71. The number of para-hydroxylation sites is 1. The van der Waals surface area contributed by atoms with Crippen LogP contribution >= 0.6 is 11.8 Å². The van der Waals surface area contributed by atoms with E-state index in [0.717, 1.165) is 35.1 Å². The minimum absolute atomic E-state index is 0.613. The van der Waals surface area contributed by atoms with Crippen LogP contribution in [0.4, 0.5) is 11.4 Å². The van der Waals surface area contributed by atoms with Crippen LogP contribution in [0, 0.1) is 0 Å². The van der Waals surface area contributed by atoms with Gasteiger partial charge in [-0.05, 0) is 75.6 Å². The molecular weight excluding hydrogens is 354 g/mol. The van der Waals surface area contributed by atoms with Crippen molar-refractivity contribution in [1.29, 1.82) is 0 Å². The molecule has 0 amide bonds. The molecule has 0 spiro atoms. The second kappa shape index (κ2) is 11.8. The van der Waals surface area contributed by atoms with Crippen molar-refractivity contribution in [2.75, 3.05) is 37.7 Å². The highest BCUT2D eigenvalue weighted by Crippen LogP contribution is 2.36. The van der Waals surface area contributed by atoms with Crippen LogP contribution in [0.2, 0.25) is 0 Å². The zero-order valence-electron chi connectivity index (χ0n) is 16.6. The van der Waals surface area contributed by atoms with Gasteiger partial charge in [0.1, 0.15) is 5.75 Å². The minimum atomic E-state index is 0.613. The third-order valence-electron chi connectivity index (χ3n) is 4.34. The molecule has 0 aliphatic rings. The molecule has 0 fully saturated rings. The zero-order valence-corrected chi connectivity index (χ0v) is 17.4. The molecule has 148 valence electrons. The lowest BCUT2D eigenvalue weighted by Crippen LogP contribution is -2.26. The first-order chi connectivity index (χ1) is 13.1. The van der Waals surface area contributed by atoms with Crippen molar-refractivity contribution in [3.05, 3.63) is 42.5 Å². The molecule has 0 saturated carbocycles. The van der Waals surface area contributed by atoms with Gasteiger partial charge in [-0.2, -0.15) is 0 Å². The van der Waals surface area contributed by atoms with Gasteiger partial charge in [-0.25, -0.2) is 0 Å². The van der Waals surface area contributed by atoms with Gasteiger partial charge in [0.15, 0.2) is 0 Å². The zero-order chi connectivity index (χ0) is 19.5. The number of hydrogen-bond donors (Lipinski definition) is 2. The highest BCUT2D eigenvalue weighted by Gasteiger charge is 2.07. The number of rotatable bonds is 12. The van der Waals surface area contributed by atoms with Crippen molar-refractivity contribution in [3.63, 3.8) is 0 Å². The Balaban J connectivity index is 1.84. The normalized spacial score (nSPS) is 11.1. The number of anilines is 2. The Morgan fingerprint density at radius 2 is 1.63 bits per heavy atom. The third-order valence-corrected chi connectivity index (χ3v) is 5.39. The maximum absolute atomic E-state index is 6.07. The molecule has 0 atom stereocenters. The molecular formula is C22H33N3OS. The molecule has 0 aliphatic heterocycles. The van der Waals surface area contributed by atoms with Gasteiger partial charge in [0, 0.05) is 4.90 Å². The maximum Gasteiger partial charge on any atom is 0.133 e. The Labute approximate surface area is 168 Å². The van der Waals surface area contributed by atoms with E-state index in [4.69, 9.17) is 16.2 Å². The van der Waals surface area contributed by atoms with Crippen LogP contribution in [0.5, 0.6) is 5.75 Å². The summed E-state index contributed by atoms with van der Waals surface area (Å²) < 4.78 is 6.07. The Hall–Kier alpha value is -1.85. The fourth-order valence-corrected chi connectivity index (χ4v) is 3.93. The summed E-state index contributed by atoms with van der Waals surface area (Å²) in [7, 11) is 0. The standard InChI is InChI=1S/C22H33N3OS/c1-3-13-25(14-4-2)15-7-8-16-26-21-9-5-6-10-22(21)27-18-11-12-19(23)20(24)17-18/h5-6,9-12,17H,3-4,7-8,13-16,23-24H2,1-2H3. The Morgan fingerprint density at radius 3 is 2.33 bits per heavy atom. The first-order valence-electron chi connectivity index (χ1n) is 9.91. The monoisotopic (exact) mass is 387 g/mol. The number of ether oxygens (including phenoxy) is 1. The van der Waals surface area contributed by atoms with E-state index in [1.54, 1.807) is 11.8 Å². The lowest BCUT2D eigenvalue weighted by Gasteiger charge is -2.20. The average Bonchev–Trinajstić information content (AvgIpc) is 2.66. The molecule has 5 heteroatoms. The Bertz CT molecular complexity index is 687. The Morgan fingerprint density at radius 1 is 0.889 bits per heavy atom. The predicted molar refractivity (Wildman–Crippen MR) is 118 cm³/mol. The van der Waals surface area contributed by atoms with Crippen LogP contribution in [0.1, 0.15) is 39.5 Å². The van der Waals surface area contributed by atoms with E-state index in [1.807, 2.05) is 36.4 Å². The summed E-state index contributed by atoms with van der Waals surface area (Å²) in [5.41, 5.74) is 13.0. The number of benzene rings is 2. The van der Waals surface area contributed by atoms with Crippen LogP contribution in [-0.2, 0) is 0 Å². The molecule has 4 nitrogen and oxygen atoms in total. The summed E-state index contributed by atoms with van der Waals surface area (Å²) in [6, 6.07) is 13.9. The van der Waals surface area contributed by atoms with E-state index < -0.39 is 0 Å². The van der Waals surface area contributed by atoms with Crippen molar-refractivity contribution in [3.8, 4) is 5.75 Å². The fourth-order valence-electron chi connectivity index (χ4n) is 2.98. The van der Waals surface area contributed by atoms with E-state index in [-0.39, 0.29) is 0 Å². The van der Waals surface area contributed by atoms with Gasteiger partial charge in [-0.15, -0.1) is 0 Å². The molecule has 0 heterocycles. The van der Waals surface area contributed by atoms with Gasteiger partial charge < -0.3 is 21.1 Å². The predicted octanol–water partition coefficient (Wildman–Crippen LogP) is 5.28. The van der Waals surface area contributed by atoms with Crippen molar-refractivity contribution in [2.45, 2.75) is 49.3 Å². The topological polar surface area (TPSA) is 64.5 Å². The fraction of sp³-hybridized carbons (Fsp3) is 0.455. The van der Waals surface area contributed by atoms with Gasteiger partial charge in [0.25, 0.3) is 0 Å². The molecule has 2 rings (SSSR count). The van der Waals surface area contributed by atoms with Crippen molar-refractivity contribution < 1.29 is 4.74 Å². The van der Waals surface area contributed by atoms with Crippen LogP contribution in [0.15, 0.2) is 52.3 Å². The summed E-state index contributed by atoms with van der Waals surface area (Å²) in [5, 5.41) is 0. The van der Waals surface area contributed by atoms with Crippen molar-refractivity contribution >= 4 is 23.1 Å². The highest BCUT2D eigenvalue weighted by molar-refractivity contribution is 7.99. The summed E-state index contributed by atoms with van der Waals surface area (Å²) in [6.07, 6.45) is 4.68. The minimum Gasteiger partial charge on any atom is -0.492 e. The Kier molecular flexibility index (Phi) is 9.36. The van der Waals surface area contributed by atoms with Gasteiger partial charge in [-0.3, -0.25) is 0 Å². The SMILES string of the molecule is CCCN(CCC)CCCCOc1ccccc1Sc1ccc(N)c(N)c1. The molecule has 2 aromatic carbocycles. The van der Waals surface area contributed by atoms with E-state index >= 15 is 0 Å². The number of nitrogens with zero attached hydrogens (tertiary/aromatic N) is 1. The number of unbranched alkanes of at least 4 members (excludes halogenated alkanes) is 1. The van der Waals surface area contributed by atoms with Crippen LogP contribution in [-0.4, -0.2) is 31.1 Å². The van der Waals surface area contributed by atoms with Crippen LogP contribution < -0.4 is 16.2 Å². The van der Waals surface area contributed by atoms with E-state index in [0.29, 0.717) is 11.4 Å². The number of nitrogen functional groups attached to an aromatic ring is 2. The van der Waals surface area contributed by atoms with Crippen molar-refractivity contribution in [1.82, 2.24) is 4.90 Å². The van der Waals surface area contributed by atoms with Crippen molar-refractivity contribution in [2.24, 2.45) is 0 Å². The average molecular weight is 388 g/mol. The van der Waals surface area contributed by atoms with E-state index in [9.17, 15) is 0 Å². The molecule has 0 unspecified atom stereocenters. The van der Waals surface area contributed by atoms with Gasteiger partial charge >= 0.3 is 0 Å². The summed E-state index contributed by atoms with van der Waals surface area (Å²) >= 11 is 1.65. The first kappa shape index (κ1) is 21.5. The molecule has 0 saturated heterocycles. The third kappa shape index (κ3) is 7.35. The van der Waals surface area contributed by atoms with E-state index in [1.165, 1.54) is 32.4 Å². The molecule has 2 aromatic rings. The van der Waals surface area contributed by atoms with E-state index in [2.05, 4.69) is 24.8 Å². The lowest BCUT2D eigenvalue weighted by molar-refractivity contribution is 0.248. The summed E-state index contributed by atoms with van der Waals surface area (Å²) in [6.45, 7) is 8.78. The molecule has 0 radical (unpaired) electrons. The molecule has 27 heavy (non-hydrogen) atoms. The smallest absolute Gasteiger partial charge is 0.133 e. The largest absolute Gasteiger partial charge is 0.492 e. The lowest BCUT2D eigenvalue weighted by atomic mass is 10.2.